The predicted octanol–water partition coefficient (Wildman–Crippen LogP) is 4.40. The third-order valence-electron chi connectivity index (χ3n) is 4.10. The van der Waals surface area contributed by atoms with E-state index in [1.165, 1.54) is 0 Å². The minimum atomic E-state index is -0.200. The Labute approximate surface area is 148 Å². The largest absolute Gasteiger partial charge is 0.497 e. The normalized spacial score (nSPS) is 10.5. The first-order valence-electron chi connectivity index (χ1n) is 8.13. The van der Waals surface area contributed by atoms with Crippen molar-refractivity contribution in [1.82, 2.24) is 0 Å². The molecule has 5 heteroatoms. The van der Waals surface area contributed by atoms with E-state index in [1.54, 1.807) is 39.5 Å². The lowest BCUT2D eigenvalue weighted by Crippen LogP contribution is -2.15. The van der Waals surface area contributed by atoms with Gasteiger partial charge in [0, 0.05) is 11.6 Å². The maximum absolute atomic E-state index is 12.8. The van der Waals surface area contributed by atoms with Crippen LogP contribution >= 0.6 is 0 Å². The van der Waals surface area contributed by atoms with Crippen molar-refractivity contribution >= 4 is 11.6 Å². The van der Waals surface area contributed by atoms with Gasteiger partial charge in [-0.15, -0.1) is 0 Å². The second-order valence-corrected chi connectivity index (χ2v) is 6.08. The van der Waals surface area contributed by atoms with Crippen molar-refractivity contribution in [2.24, 2.45) is 0 Å². The van der Waals surface area contributed by atoms with Crippen LogP contribution in [-0.4, -0.2) is 27.2 Å². The minimum Gasteiger partial charge on any atom is -0.497 e. The van der Waals surface area contributed by atoms with Crippen LogP contribution in [0.4, 0.5) is 5.69 Å². The zero-order valence-corrected chi connectivity index (χ0v) is 15.6. The molecule has 5 nitrogen and oxygen atoms in total. The van der Waals surface area contributed by atoms with E-state index in [4.69, 9.17) is 14.2 Å². The molecule has 0 saturated heterocycles. The van der Waals surface area contributed by atoms with Crippen LogP contribution in [0.5, 0.6) is 17.2 Å². The van der Waals surface area contributed by atoms with Crippen molar-refractivity contribution < 1.29 is 19.0 Å². The number of nitrogens with one attached hydrogen (secondary N) is 1. The fourth-order valence-electron chi connectivity index (χ4n) is 2.67. The number of amides is 1. The van der Waals surface area contributed by atoms with Crippen molar-refractivity contribution in [2.45, 2.75) is 26.7 Å². The zero-order chi connectivity index (χ0) is 18.6. The van der Waals surface area contributed by atoms with E-state index in [-0.39, 0.29) is 11.8 Å². The highest BCUT2D eigenvalue weighted by Crippen LogP contribution is 2.32. The van der Waals surface area contributed by atoms with Crippen molar-refractivity contribution in [2.75, 3.05) is 26.6 Å². The molecule has 134 valence electrons. The Kier molecular flexibility index (Phi) is 5.91. The summed E-state index contributed by atoms with van der Waals surface area (Å²) >= 11 is 0. The van der Waals surface area contributed by atoms with Gasteiger partial charge in [0.25, 0.3) is 5.91 Å². The summed E-state index contributed by atoms with van der Waals surface area (Å²) in [6, 6.07) is 9.06. The molecular formula is C20H25NO4. The van der Waals surface area contributed by atoms with Crippen LogP contribution in [0.15, 0.2) is 30.3 Å². The molecule has 0 radical (unpaired) electrons. The van der Waals surface area contributed by atoms with Crippen molar-refractivity contribution in [3.63, 3.8) is 0 Å². The van der Waals surface area contributed by atoms with Crippen LogP contribution in [0.2, 0.25) is 0 Å². The minimum absolute atomic E-state index is 0.200. The number of carbonyl (C=O) groups excluding carboxylic acids is 1. The van der Waals surface area contributed by atoms with Crippen LogP contribution in [0, 0.1) is 6.92 Å². The summed E-state index contributed by atoms with van der Waals surface area (Å²) in [7, 11) is 4.78. The second-order valence-electron chi connectivity index (χ2n) is 6.08. The van der Waals surface area contributed by atoms with Gasteiger partial charge in [0.1, 0.15) is 17.2 Å². The molecule has 0 saturated carbocycles. The van der Waals surface area contributed by atoms with Gasteiger partial charge in [-0.25, -0.2) is 0 Å². The molecule has 2 aromatic rings. The van der Waals surface area contributed by atoms with E-state index in [2.05, 4.69) is 19.2 Å². The van der Waals surface area contributed by atoms with Gasteiger partial charge in [0.05, 0.1) is 27.0 Å². The fraction of sp³-hybridized carbons (Fsp3) is 0.350. The number of carbonyl (C=O) groups is 1. The maximum atomic E-state index is 12.8. The first kappa shape index (κ1) is 18.6. The Morgan fingerprint density at radius 2 is 1.64 bits per heavy atom. The first-order valence-corrected chi connectivity index (χ1v) is 8.13. The van der Waals surface area contributed by atoms with Gasteiger partial charge >= 0.3 is 0 Å². The lowest BCUT2D eigenvalue weighted by molar-refractivity contribution is 0.102. The average Bonchev–Trinajstić information content (AvgIpc) is 2.60. The number of hydrogen-bond donors (Lipinski definition) is 1. The molecule has 0 aliphatic rings. The Morgan fingerprint density at radius 1 is 0.960 bits per heavy atom. The number of hydrogen-bond acceptors (Lipinski definition) is 4. The molecule has 0 heterocycles. The average molecular weight is 343 g/mol. The lowest BCUT2D eigenvalue weighted by Gasteiger charge is -2.17. The Morgan fingerprint density at radius 3 is 2.20 bits per heavy atom. The highest BCUT2D eigenvalue weighted by Gasteiger charge is 2.17. The fourth-order valence-corrected chi connectivity index (χ4v) is 2.67. The van der Waals surface area contributed by atoms with E-state index in [0.717, 1.165) is 16.9 Å². The summed E-state index contributed by atoms with van der Waals surface area (Å²) in [5.74, 6) is 2.06. The second kappa shape index (κ2) is 7.92. The molecule has 0 atom stereocenters. The quantitative estimate of drug-likeness (QED) is 0.845. The number of methoxy groups -OCH3 is 3. The van der Waals surface area contributed by atoms with Gasteiger partial charge in [0.15, 0.2) is 0 Å². The van der Waals surface area contributed by atoms with E-state index in [0.29, 0.717) is 22.7 Å². The number of rotatable bonds is 6. The Hall–Kier alpha value is -2.69. The predicted molar refractivity (Wildman–Crippen MR) is 99.3 cm³/mol. The van der Waals surface area contributed by atoms with E-state index in [9.17, 15) is 4.79 Å². The standard InChI is InChI=1S/C20H25NO4/c1-12(2)15-11-16(13(3)9-19(15)25-6)20(22)21-17-10-14(23-4)7-8-18(17)24-5/h7-12H,1-6H3,(H,21,22). The smallest absolute Gasteiger partial charge is 0.256 e. The van der Waals surface area contributed by atoms with Gasteiger partial charge in [0.2, 0.25) is 0 Å². The van der Waals surface area contributed by atoms with E-state index in [1.807, 2.05) is 19.1 Å². The highest BCUT2D eigenvalue weighted by molar-refractivity contribution is 6.06. The molecule has 0 spiro atoms. The number of benzene rings is 2. The SMILES string of the molecule is COc1ccc(OC)c(NC(=O)c2cc(C(C)C)c(OC)cc2C)c1. The maximum Gasteiger partial charge on any atom is 0.256 e. The summed E-state index contributed by atoms with van der Waals surface area (Å²) in [6.07, 6.45) is 0. The molecule has 25 heavy (non-hydrogen) atoms. The summed E-state index contributed by atoms with van der Waals surface area (Å²) in [5.41, 5.74) is 3.01. The Bertz CT molecular complexity index is 769. The monoisotopic (exact) mass is 343 g/mol. The Balaban J connectivity index is 2.40. The summed E-state index contributed by atoms with van der Waals surface area (Å²) in [5, 5.41) is 2.91. The summed E-state index contributed by atoms with van der Waals surface area (Å²) < 4.78 is 16.0. The molecular weight excluding hydrogens is 318 g/mol. The molecule has 0 aliphatic carbocycles. The third-order valence-corrected chi connectivity index (χ3v) is 4.10. The van der Waals surface area contributed by atoms with Crippen LogP contribution < -0.4 is 19.5 Å². The van der Waals surface area contributed by atoms with Crippen LogP contribution in [-0.2, 0) is 0 Å². The first-order chi connectivity index (χ1) is 11.9. The van der Waals surface area contributed by atoms with E-state index < -0.39 is 0 Å². The molecule has 0 fully saturated rings. The van der Waals surface area contributed by atoms with Crippen molar-refractivity contribution in [1.29, 1.82) is 0 Å². The molecule has 1 amide bonds. The van der Waals surface area contributed by atoms with Crippen molar-refractivity contribution in [3.05, 3.63) is 47.0 Å². The molecule has 0 aromatic heterocycles. The molecule has 2 aromatic carbocycles. The number of anilines is 1. The summed E-state index contributed by atoms with van der Waals surface area (Å²) in [4.78, 5) is 12.8. The van der Waals surface area contributed by atoms with Gasteiger partial charge in [-0.1, -0.05) is 13.8 Å². The van der Waals surface area contributed by atoms with Gasteiger partial charge in [-0.05, 0) is 48.2 Å². The third kappa shape index (κ3) is 4.05. The van der Waals surface area contributed by atoms with Crippen LogP contribution in [0.1, 0.15) is 41.3 Å². The van der Waals surface area contributed by atoms with Gasteiger partial charge < -0.3 is 19.5 Å². The van der Waals surface area contributed by atoms with Gasteiger partial charge in [-0.3, -0.25) is 4.79 Å². The van der Waals surface area contributed by atoms with Gasteiger partial charge in [-0.2, -0.15) is 0 Å². The van der Waals surface area contributed by atoms with E-state index >= 15 is 0 Å². The topological polar surface area (TPSA) is 56.8 Å². The molecule has 0 unspecified atom stereocenters. The molecule has 0 aliphatic heterocycles. The lowest BCUT2D eigenvalue weighted by atomic mass is 9.96. The summed E-state index contributed by atoms with van der Waals surface area (Å²) in [6.45, 7) is 6.03. The molecule has 0 bridgehead atoms. The number of aryl methyl sites for hydroxylation is 1. The molecule has 1 N–H and O–H groups in total. The highest BCUT2D eigenvalue weighted by atomic mass is 16.5. The zero-order valence-electron chi connectivity index (χ0n) is 15.6. The van der Waals surface area contributed by atoms with Crippen LogP contribution in [0.25, 0.3) is 0 Å². The van der Waals surface area contributed by atoms with Crippen LogP contribution in [0.3, 0.4) is 0 Å². The van der Waals surface area contributed by atoms with Crippen molar-refractivity contribution in [3.8, 4) is 17.2 Å². The molecule has 2 rings (SSSR count). The number of ether oxygens (including phenoxy) is 3.